The van der Waals surface area contributed by atoms with Crippen LogP contribution in [0, 0.1) is 0 Å². The first kappa shape index (κ1) is 18.7. The van der Waals surface area contributed by atoms with Gasteiger partial charge in [-0.05, 0) is 30.8 Å². The molecule has 0 spiro atoms. The molecule has 1 fully saturated rings. The van der Waals surface area contributed by atoms with E-state index < -0.39 is 0 Å². The number of piperazine rings is 1. The van der Waals surface area contributed by atoms with Crippen molar-refractivity contribution in [3.63, 3.8) is 0 Å². The summed E-state index contributed by atoms with van der Waals surface area (Å²) in [5, 5.41) is 3.01. The van der Waals surface area contributed by atoms with Crippen molar-refractivity contribution in [1.82, 2.24) is 20.1 Å². The molecule has 6 nitrogen and oxygen atoms in total. The molecule has 0 aliphatic carbocycles. The van der Waals surface area contributed by atoms with Crippen LogP contribution in [-0.4, -0.2) is 67.0 Å². The number of nitrogens with one attached hydrogen (secondary N) is 1. The van der Waals surface area contributed by atoms with Crippen LogP contribution >= 0.6 is 0 Å². The van der Waals surface area contributed by atoms with E-state index in [1.165, 1.54) is 0 Å². The number of benzene rings is 2. The summed E-state index contributed by atoms with van der Waals surface area (Å²) in [6.07, 6.45) is 0.641. The number of likely N-dealkylation sites (N-methyl/N-ethyl adjacent to an activating group) is 1. The lowest BCUT2D eigenvalue weighted by atomic mass is 10.1. The maximum absolute atomic E-state index is 12.5. The van der Waals surface area contributed by atoms with E-state index >= 15 is 0 Å². The quantitative estimate of drug-likeness (QED) is 0.714. The van der Waals surface area contributed by atoms with Gasteiger partial charge < -0.3 is 14.6 Å². The Morgan fingerprint density at radius 2 is 1.89 bits per heavy atom. The molecule has 0 saturated carbocycles. The molecule has 1 saturated heterocycles. The molecule has 1 aliphatic heterocycles. The topological polar surface area (TPSA) is 61.6 Å². The second-order valence-corrected chi connectivity index (χ2v) is 7.35. The number of nitrogens with zero attached hydrogens (tertiary/aromatic N) is 3. The summed E-state index contributed by atoms with van der Waals surface area (Å²) in [7, 11) is 2.14. The summed E-state index contributed by atoms with van der Waals surface area (Å²) in [6, 6.07) is 15.5. The number of rotatable bonds is 6. The predicted molar refractivity (Wildman–Crippen MR) is 110 cm³/mol. The SMILES string of the molecule is CN1CCN(CCNC(=O)c2ccc3nc(Cc4ccccc4)oc3c2)CC1. The van der Waals surface area contributed by atoms with Crippen molar-refractivity contribution in [2.24, 2.45) is 0 Å². The van der Waals surface area contributed by atoms with E-state index in [1.54, 1.807) is 6.07 Å². The lowest BCUT2D eigenvalue weighted by molar-refractivity contribution is 0.0941. The first-order valence-electron chi connectivity index (χ1n) is 9.80. The van der Waals surface area contributed by atoms with E-state index in [1.807, 2.05) is 42.5 Å². The maximum atomic E-state index is 12.5. The molecule has 0 unspecified atom stereocenters. The minimum atomic E-state index is -0.0722. The minimum Gasteiger partial charge on any atom is -0.440 e. The molecular weight excluding hydrogens is 352 g/mol. The molecule has 3 aromatic rings. The Morgan fingerprint density at radius 3 is 2.68 bits per heavy atom. The number of amides is 1. The highest BCUT2D eigenvalue weighted by Crippen LogP contribution is 2.19. The van der Waals surface area contributed by atoms with Crippen LogP contribution in [0.15, 0.2) is 52.9 Å². The number of hydrogen-bond acceptors (Lipinski definition) is 5. The monoisotopic (exact) mass is 378 g/mol. The van der Waals surface area contributed by atoms with Crippen LogP contribution in [0.25, 0.3) is 11.1 Å². The number of oxazole rings is 1. The highest BCUT2D eigenvalue weighted by Gasteiger charge is 2.14. The zero-order valence-electron chi connectivity index (χ0n) is 16.2. The summed E-state index contributed by atoms with van der Waals surface area (Å²) < 4.78 is 5.87. The molecule has 1 aliphatic rings. The first-order chi connectivity index (χ1) is 13.7. The van der Waals surface area contributed by atoms with Crippen molar-refractivity contribution in [3.8, 4) is 0 Å². The van der Waals surface area contributed by atoms with Crippen LogP contribution in [0.1, 0.15) is 21.8 Å². The van der Waals surface area contributed by atoms with Crippen LogP contribution in [0.4, 0.5) is 0 Å². The smallest absolute Gasteiger partial charge is 0.251 e. The third kappa shape index (κ3) is 4.58. The Hall–Kier alpha value is -2.70. The molecule has 0 bridgehead atoms. The third-order valence-electron chi connectivity index (χ3n) is 5.20. The van der Waals surface area contributed by atoms with E-state index in [0.29, 0.717) is 30.0 Å². The Bertz CT molecular complexity index is 930. The summed E-state index contributed by atoms with van der Waals surface area (Å²) in [4.78, 5) is 21.7. The molecule has 6 heteroatoms. The van der Waals surface area contributed by atoms with Crippen LogP contribution in [-0.2, 0) is 6.42 Å². The Morgan fingerprint density at radius 1 is 1.11 bits per heavy atom. The molecule has 1 aromatic heterocycles. The molecule has 0 radical (unpaired) electrons. The van der Waals surface area contributed by atoms with Crippen LogP contribution < -0.4 is 5.32 Å². The molecule has 28 heavy (non-hydrogen) atoms. The van der Waals surface area contributed by atoms with Crippen LogP contribution in [0.2, 0.25) is 0 Å². The summed E-state index contributed by atoms with van der Waals surface area (Å²) in [5.41, 5.74) is 3.18. The zero-order chi connectivity index (χ0) is 19.3. The van der Waals surface area contributed by atoms with Gasteiger partial charge in [0.1, 0.15) is 5.52 Å². The average molecular weight is 378 g/mol. The molecular formula is C22H26N4O2. The van der Waals surface area contributed by atoms with Crippen molar-refractivity contribution >= 4 is 17.0 Å². The van der Waals surface area contributed by atoms with Gasteiger partial charge in [-0.25, -0.2) is 4.98 Å². The average Bonchev–Trinajstić information content (AvgIpc) is 3.11. The van der Waals surface area contributed by atoms with Crippen molar-refractivity contribution in [1.29, 1.82) is 0 Å². The van der Waals surface area contributed by atoms with Crippen molar-refractivity contribution in [2.75, 3.05) is 46.3 Å². The zero-order valence-corrected chi connectivity index (χ0v) is 16.2. The van der Waals surface area contributed by atoms with Crippen molar-refractivity contribution in [2.45, 2.75) is 6.42 Å². The summed E-state index contributed by atoms with van der Waals surface area (Å²) >= 11 is 0. The summed E-state index contributed by atoms with van der Waals surface area (Å²) in [6.45, 7) is 5.81. The van der Waals surface area contributed by atoms with Crippen molar-refractivity contribution < 1.29 is 9.21 Å². The molecule has 4 rings (SSSR count). The predicted octanol–water partition coefficient (Wildman–Crippen LogP) is 2.40. The third-order valence-corrected chi connectivity index (χ3v) is 5.20. The van der Waals surface area contributed by atoms with E-state index in [2.05, 4.69) is 27.1 Å². The molecule has 1 amide bonds. The van der Waals surface area contributed by atoms with Gasteiger partial charge in [0.05, 0.1) is 0 Å². The molecule has 2 aromatic carbocycles. The number of fused-ring (bicyclic) bond motifs is 1. The van der Waals surface area contributed by atoms with Gasteiger partial charge in [0.25, 0.3) is 5.91 Å². The molecule has 2 heterocycles. The first-order valence-corrected chi connectivity index (χ1v) is 9.80. The lowest BCUT2D eigenvalue weighted by Crippen LogP contribution is -2.46. The van der Waals surface area contributed by atoms with Gasteiger partial charge in [0, 0.05) is 51.3 Å². The molecule has 1 N–H and O–H groups in total. The van der Waals surface area contributed by atoms with E-state index in [0.717, 1.165) is 43.8 Å². The summed E-state index contributed by atoms with van der Waals surface area (Å²) in [5.74, 6) is 0.589. The molecule has 146 valence electrons. The lowest BCUT2D eigenvalue weighted by Gasteiger charge is -2.32. The molecule has 0 atom stereocenters. The van der Waals surface area contributed by atoms with Gasteiger partial charge >= 0.3 is 0 Å². The second-order valence-electron chi connectivity index (χ2n) is 7.35. The van der Waals surface area contributed by atoms with Gasteiger partial charge in [0.2, 0.25) is 0 Å². The van der Waals surface area contributed by atoms with E-state index in [4.69, 9.17) is 4.42 Å². The number of aromatic nitrogens is 1. The highest BCUT2D eigenvalue weighted by atomic mass is 16.3. The van der Waals surface area contributed by atoms with Crippen LogP contribution in [0.3, 0.4) is 0 Å². The maximum Gasteiger partial charge on any atom is 0.251 e. The Kier molecular flexibility index (Phi) is 5.69. The van der Waals surface area contributed by atoms with Gasteiger partial charge in [-0.2, -0.15) is 0 Å². The standard InChI is InChI=1S/C22H26N4O2/c1-25-11-13-26(14-12-25)10-9-23-22(27)18-7-8-19-20(16-18)28-21(24-19)15-17-5-3-2-4-6-17/h2-8,16H,9-15H2,1H3,(H,23,27). The largest absolute Gasteiger partial charge is 0.440 e. The van der Waals surface area contributed by atoms with E-state index in [9.17, 15) is 4.79 Å². The Balaban J connectivity index is 1.35. The van der Waals surface area contributed by atoms with Gasteiger partial charge in [-0.15, -0.1) is 0 Å². The fraction of sp³-hybridized carbons (Fsp3) is 0.364. The van der Waals surface area contributed by atoms with Gasteiger partial charge in [-0.3, -0.25) is 9.69 Å². The fourth-order valence-electron chi connectivity index (χ4n) is 3.46. The second kappa shape index (κ2) is 8.54. The fourth-order valence-corrected chi connectivity index (χ4v) is 3.46. The van der Waals surface area contributed by atoms with Gasteiger partial charge in [0.15, 0.2) is 11.5 Å². The van der Waals surface area contributed by atoms with Gasteiger partial charge in [-0.1, -0.05) is 30.3 Å². The van der Waals surface area contributed by atoms with E-state index in [-0.39, 0.29) is 5.91 Å². The minimum absolute atomic E-state index is 0.0722. The number of carbonyl (C=O) groups excluding carboxylic acids is 1. The normalized spacial score (nSPS) is 15.8. The van der Waals surface area contributed by atoms with Crippen molar-refractivity contribution in [3.05, 3.63) is 65.5 Å². The highest BCUT2D eigenvalue weighted by molar-refractivity contribution is 5.97. The number of carbonyl (C=O) groups is 1. The Labute approximate surface area is 165 Å². The number of hydrogen-bond donors (Lipinski definition) is 1. The van der Waals surface area contributed by atoms with Crippen LogP contribution in [0.5, 0.6) is 0 Å².